The van der Waals surface area contributed by atoms with Crippen molar-refractivity contribution in [2.45, 2.75) is 12.7 Å². The van der Waals surface area contributed by atoms with E-state index in [1.165, 1.54) is 4.88 Å². The Bertz CT molecular complexity index is 801. The van der Waals surface area contributed by atoms with E-state index in [9.17, 15) is 4.79 Å². The van der Waals surface area contributed by atoms with E-state index in [-0.39, 0.29) is 5.91 Å². The Morgan fingerprint density at radius 2 is 1.75 bits per heavy atom. The summed E-state index contributed by atoms with van der Waals surface area (Å²) in [4.78, 5) is 17.8. The Labute approximate surface area is 150 Å². The quantitative estimate of drug-likeness (QED) is 0.678. The van der Waals surface area contributed by atoms with Crippen molar-refractivity contribution in [3.05, 3.63) is 71.2 Å². The van der Waals surface area contributed by atoms with Crippen molar-refractivity contribution < 1.29 is 4.79 Å². The molecule has 1 aromatic heterocycles. The van der Waals surface area contributed by atoms with E-state index in [1.54, 1.807) is 23.1 Å². The lowest BCUT2D eigenvalue weighted by Crippen LogP contribution is -2.13. The van der Waals surface area contributed by atoms with Crippen LogP contribution in [-0.4, -0.2) is 16.6 Å². The van der Waals surface area contributed by atoms with Gasteiger partial charge in [-0.2, -0.15) is 0 Å². The summed E-state index contributed by atoms with van der Waals surface area (Å²) in [7, 11) is 0. The average molecular weight is 354 g/mol. The van der Waals surface area contributed by atoms with Crippen molar-refractivity contribution in [1.82, 2.24) is 4.98 Å². The van der Waals surface area contributed by atoms with Crippen molar-refractivity contribution in [2.75, 3.05) is 11.1 Å². The Balaban J connectivity index is 1.54. The van der Waals surface area contributed by atoms with E-state index >= 15 is 0 Å². The van der Waals surface area contributed by atoms with Crippen LogP contribution in [0.3, 0.4) is 0 Å². The number of hydrogen-bond acceptors (Lipinski definition) is 4. The molecule has 1 amide bonds. The minimum atomic E-state index is 0.0247. The molecule has 3 rings (SSSR count). The van der Waals surface area contributed by atoms with E-state index in [0.29, 0.717) is 5.75 Å². The Morgan fingerprint density at radius 1 is 1.08 bits per heavy atom. The number of hydrogen-bond donors (Lipinski definition) is 1. The number of anilines is 1. The second kappa shape index (κ2) is 8.13. The molecule has 2 aromatic carbocycles. The number of nitrogens with zero attached hydrogens (tertiary/aromatic N) is 1. The molecule has 0 fully saturated rings. The number of nitrogens with one attached hydrogen (secondary N) is 1. The van der Waals surface area contributed by atoms with E-state index in [2.05, 4.69) is 22.4 Å². The third-order valence-corrected chi connectivity index (χ3v) is 5.79. The topological polar surface area (TPSA) is 42.0 Å². The number of thiazole rings is 1. The normalized spacial score (nSPS) is 10.5. The molecule has 1 N–H and O–H groups in total. The van der Waals surface area contributed by atoms with Crippen LogP contribution >= 0.6 is 23.1 Å². The molecule has 0 unspecified atom stereocenters. The molecule has 0 aliphatic rings. The molecule has 3 aromatic rings. The van der Waals surface area contributed by atoms with Gasteiger partial charge in [0.1, 0.15) is 5.01 Å². The number of rotatable bonds is 6. The van der Waals surface area contributed by atoms with Gasteiger partial charge in [-0.3, -0.25) is 4.79 Å². The summed E-state index contributed by atoms with van der Waals surface area (Å²) >= 11 is 3.32. The Hall–Kier alpha value is -2.11. The van der Waals surface area contributed by atoms with Gasteiger partial charge >= 0.3 is 0 Å². The van der Waals surface area contributed by atoms with Crippen LogP contribution in [0.25, 0.3) is 10.6 Å². The lowest BCUT2D eigenvalue weighted by molar-refractivity contribution is -0.113. The summed E-state index contributed by atoms with van der Waals surface area (Å²) in [6, 6.07) is 19.7. The third-order valence-electron chi connectivity index (χ3n) is 3.44. The summed E-state index contributed by atoms with van der Waals surface area (Å²) in [6.45, 7) is 2.03. The Morgan fingerprint density at radius 3 is 2.46 bits per heavy atom. The fourth-order valence-corrected chi connectivity index (χ4v) is 4.32. The van der Waals surface area contributed by atoms with Crippen molar-refractivity contribution in [1.29, 1.82) is 0 Å². The number of carbonyl (C=O) groups is 1. The predicted molar refractivity (Wildman–Crippen MR) is 104 cm³/mol. The fourth-order valence-electron chi connectivity index (χ4n) is 2.22. The SMILES string of the molecule is Cc1nc(-c2ccccc2)sc1CSCC(=O)Nc1ccccc1. The van der Waals surface area contributed by atoms with Crippen LogP contribution < -0.4 is 5.32 Å². The molecule has 0 aliphatic carbocycles. The van der Waals surface area contributed by atoms with Gasteiger partial charge in [-0.1, -0.05) is 48.5 Å². The maximum atomic E-state index is 12.0. The molecule has 0 saturated heterocycles. The highest BCUT2D eigenvalue weighted by atomic mass is 32.2. The van der Waals surface area contributed by atoms with Crippen molar-refractivity contribution in [3.8, 4) is 10.6 Å². The van der Waals surface area contributed by atoms with Crippen LogP contribution in [-0.2, 0) is 10.5 Å². The first-order valence-electron chi connectivity index (χ1n) is 7.67. The molecule has 0 bridgehead atoms. The summed E-state index contributed by atoms with van der Waals surface area (Å²) in [5, 5.41) is 3.94. The van der Waals surface area contributed by atoms with Gasteiger partial charge in [0.25, 0.3) is 0 Å². The fraction of sp³-hybridized carbons (Fsp3) is 0.158. The van der Waals surface area contributed by atoms with Crippen molar-refractivity contribution >= 4 is 34.7 Å². The van der Waals surface area contributed by atoms with Crippen LogP contribution in [0.4, 0.5) is 5.69 Å². The smallest absolute Gasteiger partial charge is 0.234 e. The molecule has 122 valence electrons. The molecule has 0 spiro atoms. The van der Waals surface area contributed by atoms with Crippen molar-refractivity contribution in [3.63, 3.8) is 0 Å². The molecule has 0 atom stereocenters. The molecule has 1 heterocycles. The van der Waals surface area contributed by atoms with Gasteiger partial charge < -0.3 is 5.32 Å². The molecule has 0 radical (unpaired) electrons. The average Bonchev–Trinajstić information content (AvgIpc) is 2.98. The molecule has 5 heteroatoms. The summed E-state index contributed by atoms with van der Waals surface area (Å²) in [5.41, 5.74) is 3.03. The molecular formula is C19H18N2OS2. The Kier molecular flexibility index (Phi) is 5.67. The highest BCUT2D eigenvalue weighted by Crippen LogP contribution is 2.30. The standard InChI is InChI=1S/C19H18N2OS2/c1-14-17(24-19(20-14)15-8-4-2-5-9-15)12-23-13-18(22)21-16-10-6-3-7-11-16/h2-11H,12-13H2,1H3,(H,21,22). The summed E-state index contributed by atoms with van der Waals surface area (Å²) in [6.07, 6.45) is 0. The zero-order valence-electron chi connectivity index (χ0n) is 13.4. The van der Waals surface area contributed by atoms with Gasteiger partial charge in [0.05, 0.1) is 11.4 Å². The van der Waals surface area contributed by atoms with E-state index in [0.717, 1.165) is 27.7 Å². The van der Waals surface area contributed by atoms with E-state index in [4.69, 9.17) is 0 Å². The largest absolute Gasteiger partial charge is 0.325 e. The minimum Gasteiger partial charge on any atom is -0.325 e. The van der Waals surface area contributed by atoms with Crippen LogP contribution in [0, 0.1) is 6.92 Å². The lowest BCUT2D eigenvalue weighted by atomic mass is 10.2. The van der Waals surface area contributed by atoms with Gasteiger partial charge in [-0.25, -0.2) is 4.98 Å². The number of carbonyl (C=O) groups excluding carboxylic acids is 1. The summed E-state index contributed by atoms with van der Waals surface area (Å²) < 4.78 is 0. The monoisotopic (exact) mass is 354 g/mol. The third kappa shape index (κ3) is 4.46. The zero-order chi connectivity index (χ0) is 16.8. The highest BCUT2D eigenvalue weighted by Gasteiger charge is 2.10. The molecule has 0 saturated carbocycles. The second-order valence-corrected chi connectivity index (χ2v) is 7.37. The van der Waals surface area contributed by atoms with Gasteiger partial charge in [0.2, 0.25) is 5.91 Å². The van der Waals surface area contributed by atoms with Crippen molar-refractivity contribution in [2.24, 2.45) is 0 Å². The predicted octanol–water partition coefficient (Wildman–Crippen LogP) is 4.99. The van der Waals surface area contributed by atoms with Gasteiger partial charge in [0, 0.05) is 21.9 Å². The lowest BCUT2D eigenvalue weighted by Gasteiger charge is -2.04. The first-order chi connectivity index (χ1) is 11.7. The summed E-state index contributed by atoms with van der Waals surface area (Å²) in [5.74, 6) is 1.27. The van der Waals surface area contributed by atoms with E-state index < -0.39 is 0 Å². The van der Waals surface area contributed by atoms with Gasteiger partial charge in [-0.15, -0.1) is 23.1 Å². The number of aryl methyl sites for hydroxylation is 1. The number of para-hydroxylation sites is 1. The number of benzene rings is 2. The second-order valence-electron chi connectivity index (χ2n) is 5.30. The van der Waals surface area contributed by atoms with E-state index in [1.807, 2.05) is 55.5 Å². The maximum absolute atomic E-state index is 12.0. The molecule has 3 nitrogen and oxygen atoms in total. The van der Waals surface area contributed by atoms with Crippen LogP contribution in [0.1, 0.15) is 10.6 Å². The highest BCUT2D eigenvalue weighted by molar-refractivity contribution is 7.99. The maximum Gasteiger partial charge on any atom is 0.234 e. The molecular weight excluding hydrogens is 336 g/mol. The van der Waals surface area contributed by atoms with Crippen LogP contribution in [0.5, 0.6) is 0 Å². The first kappa shape index (κ1) is 16.7. The molecule has 24 heavy (non-hydrogen) atoms. The number of thioether (sulfide) groups is 1. The number of aromatic nitrogens is 1. The zero-order valence-corrected chi connectivity index (χ0v) is 15.0. The minimum absolute atomic E-state index is 0.0247. The van der Waals surface area contributed by atoms with Crippen LogP contribution in [0.2, 0.25) is 0 Å². The van der Waals surface area contributed by atoms with Gasteiger partial charge in [-0.05, 0) is 19.1 Å². The number of amides is 1. The van der Waals surface area contributed by atoms with Crippen LogP contribution in [0.15, 0.2) is 60.7 Å². The van der Waals surface area contributed by atoms with Gasteiger partial charge in [0.15, 0.2) is 0 Å². The first-order valence-corrected chi connectivity index (χ1v) is 9.64. The molecule has 0 aliphatic heterocycles.